The highest BCUT2D eigenvalue weighted by Crippen LogP contribution is 2.26. The van der Waals surface area contributed by atoms with Gasteiger partial charge in [0.05, 0.1) is 6.61 Å². The molecule has 0 aliphatic heterocycles. The molecule has 18 heavy (non-hydrogen) atoms. The van der Waals surface area contributed by atoms with Crippen LogP contribution in [0.2, 0.25) is 0 Å². The van der Waals surface area contributed by atoms with Gasteiger partial charge in [-0.3, -0.25) is 0 Å². The molecule has 1 N–H and O–H groups in total. The summed E-state index contributed by atoms with van der Waals surface area (Å²) in [4.78, 5) is 0. The molecule has 0 atom stereocenters. The number of rotatable bonds is 8. The summed E-state index contributed by atoms with van der Waals surface area (Å²) >= 11 is 0. The predicted octanol–water partition coefficient (Wildman–Crippen LogP) is 3.15. The SMILES string of the molecule is CCc1ccc(C(C)(C)CCNCCOC)cc1. The Bertz CT molecular complexity index is 329. The second-order valence-corrected chi connectivity index (χ2v) is 5.43. The van der Waals surface area contributed by atoms with Gasteiger partial charge >= 0.3 is 0 Å². The highest BCUT2D eigenvalue weighted by atomic mass is 16.5. The lowest BCUT2D eigenvalue weighted by Gasteiger charge is -2.25. The van der Waals surface area contributed by atoms with Gasteiger partial charge in [-0.15, -0.1) is 0 Å². The number of methoxy groups -OCH3 is 1. The van der Waals surface area contributed by atoms with E-state index in [0.29, 0.717) is 0 Å². The van der Waals surface area contributed by atoms with Crippen molar-refractivity contribution in [1.29, 1.82) is 0 Å². The normalized spacial score (nSPS) is 11.8. The van der Waals surface area contributed by atoms with Crippen LogP contribution in [0.25, 0.3) is 0 Å². The van der Waals surface area contributed by atoms with Crippen molar-refractivity contribution in [3.05, 3.63) is 35.4 Å². The molecule has 0 saturated carbocycles. The van der Waals surface area contributed by atoms with E-state index >= 15 is 0 Å². The molecule has 1 aromatic carbocycles. The van der Waals surface area contributed by atoms with Crippen LogP contribution < -0.4 is 5.32 Å². The minimum atomic E-state index is 0.229. The molecule has 2 heteroatoms. The standard InChI is InChI=1S/C16H27NO/c1-5-14-6-8-15(9-7-14)16(2,3)10-11-17-12-13-18-4/h6-9,17H,5,10-13H2,1-4H3. The van der Waals surface area contributed by atoms with Crippen LogP contribution in [0.5, 0.6) is 0 Å². The molecule has 0 unspecified atom stereocenters. The van der Waals surface area contributed by atoms with E-state index in [4.69, 9.17) is 4.74 Å². The van der Waals surface area contributed by atoms with E-state index in [0.717, 1.165) is 32.5 Å². The molecular weight excluding hydrogens is 222 g/mol. The van der Waals surface area contributed by atoms with Crippen molar-refractivity contribution in [2.24, 2.45) is 0 Å². The minimum Gasteiger partial charge on any atom is -0.383 e. The summed E-state index contributed by atoms with van der Waals surface area (Å²) in [7, 11) is 1.74. The van der Waals surface area contributed by atoms with Crippen LogP contribution in [0, 0.1) is 0 Å². The average molecular weight is 249 g/mol. The quantitative estimate of drug-likeness (QED) is 0.715. The van der Waals surface area contributed by atoms with E-state index < -0.39 is 0 Å². The monoisotopic (exact) mass is 249 g/mol. The third-order valence-corrected chi connectivity index (χ3v) is 3.55. The topological polar surface area (TPSA) is 21.3 Å². The predicted molar refractivity (Wildman–Crippen MR) is 78.2 cm³/mol. The van der Waals surface area contributed by atoms with Crippen LogP contribution in [0.15, 0.2) is 24.3 Å². The van der Waals surface area contributed by atoms with Gasteiger partial charge in [0, 0.05) is 13.7 Å². The lowest BCUT2D eigenvalue weighted by atomic mass is 9.81. The number of hydrogen-bond donors (Lipinski definition) is 1. The Morgan fingerprint density at radius 2 is 1.78 bits per heavy atom. The molecule has 0 spiro atoms. The Balaban J connectivity index is 2.45. The molecule has 0 heterocycles. The number of hydrogen-bond acceptors (Lipinski definition) is 2. The van der Waals surface area contributed by atoms with Crippen LogP contribution in [-0.4, -0.2) is 26.8 Å². The Morgan fingerprint density at radius 3 is 2.33 bits per heavy atom. The first kappa shape index (κ1) is 15.2. The average Bonchev–Trinajstić information content (AvgIpc) is 2.38. The highest BCUT2D eigenvalue weighted by molar-refractivity contribution is 5.28. The Hall–Kier alpha value is -0.860. The van der Waals surface area contributed by atoms with Crippen molar-refractivity contribution in [2.45, 2.75) is 39.0 Å². The second kappa shape index (κ2) is 7.55. The fourth-order valence-electron chi connectivity index (χ4n) is 2.04. The van der Waals surface area contributed by atoms with Gasteiger partial charge in [-0.1, -0.05) is 45.0 Å². The van der Waals surface area contributed by atoms with Crippen LogP contribution >= 0.6 is 0 Å². The van der Waals surface area contributed by atoms with Crippen molar-refractivity contribution in [3.63, 3.8) is 0 Å². The molecule has 0 saturated heterocycles. The van der Waals surface area contributed by atoms with Gasteiger partial charge in [-0.05, 0) is 35.9 Å². The lowest BCUT2D eigenvalue weighted by molar-refractivity contribution is 0.198. The van der Waals surface area contributed by atoms with Crippen molar-refractivity contribution in [1.82, 2.24) is 5.32 Å². The van der Waals surface area contributed by atoms with Crippen LogP contribution in [0.1, 0.15) is 38.3 Å². The zero-order valence-electron chi connectivity index (χ0n) is 12.3. The first-order chi connectivity index (χ1) is 8.60. The largest absolute Gasteiger partial charge is 0.383 e. The molecule has 1 aromatic rings. The maximum Gasteiger partial charge on any atom is 0.0587 e. The van der Waals surface area contributed by atoms with Crippen molar-refractivity contribution >= 4 is 0 Å². The van der Waals surface area contributed by atoms with Gasteiger partial charge in [0.15, 0.2) is 0 Å². The third kappa shape index (κ3) is 4.79. The molecule has 0 radical (unpaired) electrons. The summed E-state index contributed by atoms with van der Waals surface area (Å²) in [6.45, 7) is 9.57. The summed E-state index contributed by atoms with van der Waals surface area (Å²) in [6, 6.07) is 9.03. The molecule has 102 valence electrons. The van der Waals surface area contributed by atoms with Gasteiger partial charge in [0.25, 0.3) is 0 Å². The Morgan fingerprint density at radius 1 is 1.11 bits per heavy atom. The van der Waals surface area contributed by atoms with Gasteiger partial charge in [0.2, 0.25) is 0 Å². The number of benzene rings is 1. The van der Waals surface area contributed by atoms with Gasteiger partial charge in [-0.2, -0.15) is 0 Å². The Kier molecular flexibility index (Phi) is 6.37. The fourth-order valence-corrected chi connectivity index (χ4v) is 2.04. The lowest BCUT2D eigenvalue weighted by Crippen LogP contribution is -2.27. The van der Waals surface area contributed by atoms with Gasteiger partial charge in [0.1, 0.15) is 0 Å². The van der Waals surface area contributed by atoms with Crippen molar-refractivity contribution in [2.75, 3.05) is 26.8 Å². The van der Waals surface area contributed by atoms with Gasteiger partial charge in [-0.25, -0.2) is 0 Å². The van der Waals surface area contributed by atoms with E-state index in [1.54, 1.807) is 7.11 Å². The maximum absolute atomic E-state index is 5.02. The summed E-state index contributed by atoms with van der Waals surface area (Å²) in [5, 5.41) is 3.41. The summed E-state index contributed by atoms with van der Waals surface area (Å²) in [6.07, 6.45) is 2.25. The highest BCUT2D eigenvalue weighted by Gasteiger charge is 2.19. The first-order valence-electron chi connectivity index (χ1n) is 6.89. The summed E-state index contributed by atoms with van der Waals surface area (Å²) in [5.74, 6) is 0. The summed E-state index contributed by atoms with van der Waals surface area (Å²) < 4.78 is 5.02. The maximum atomic E-state index is 5.02. The molecule has 0 fully saturated rings. The third-order valence-electron chi connectivity index (χ3n) is 3.55. The second-order valence-electron chi connectivity index (χ2n) is 5.43. The molecule has 1 rings (SSSR count). The Labute approximate surface area is 112 Å². The minimum absolute atomic E-state index is 0.229. The van der Waals surface area contributed by atoms with E-state index in [1.807, 2.05) is 0 Å². The zero-order valence-corrected chi connectivity index (χ0v) is 12.3. The van der Waals surface area contributed by atoms with E-state index in [-0.39, 0.29) is 5.41 Å². The van der Waals surface area contributed by atoms with Crippen LogP contribution in [0.4, 0.5) is 0 Å². The van der Waals surface area contributed by atoms with Gasteiger partial charge < -0.3 is 10.1 Å². The first-order valence-corrected chi connectivity index (χ1v) is 6.89. The molecule has 2 nitrogen and oxygen atoms in total. The number of nitrogens with one attached hydrogen (secondary N) is 1. The number of aryl methyl sites for hydroxylation is 1. The van der Waals surface area contributed by atoms with Crippen molar-refractivity contribution < 1.29 is 4.74 Å². The van der Waals surface area contributed by atoms with Crippen LogP contribution in [-0.2, 0) is 16.6 Å². The molecular formula is C16H27NO. The smallest absolute Gasteiger partial charge is 0.0587 e. The molecule has 0 aliphatic carbocycles. The van der Waals surface area contributed by atoms with Crippen LogP contribution in [0.3, 0.4) is 0 Å². The van der Waals surface area contributed by atoms with E-state index in [9.17, 15) is 0 Å². The molecule has 0 amide bonds. The fraction of sp³-hybridized carbons (Fsp3) is 0.625. The van der Waals surface area contributed by atoms with E-state index in [1.165, 1.54) is 11.1 Å². The summed E-state index contributed by atoms with van der Waals surface area (Å²) in [5.41, 5.74) is 3.06. The molecule has 0 aromatic heterocycles. The molecule has 0 bridgehead atoms. The number of ether oxygens (including phenoxy) is 1. The molecule has 0 aliphatic rings. The zero-order chi connectivity index (χ0) is 13.4. The van der Waals surface area contributed by atoms with E-state index in [2.05, 4.69) is 50.4 Å². The van der Waals surface area contributed by atoms with Crippen molar-refractivity contribution in [3.8, 4) is 0 Å².